The second-order valence-electron chi connectivity index (χ2n) is 15.8. The third-order valence-corrected chi connectivity index (χ3v) is 12.2. The van der Waals surface area contributed by atoms with Crippen molar-refractivity contribution in [2.45, 2.75) is 63.3 Å². The molecule has 1 aliphatic carbocycles. The minimum absolute atomic E-state index is 0.0171. The topological polar surface area (TPSA) is 162 Å². The summed E-state index contributed by atoms with van der Waals surface area (Å²) in [5.41, 5.74) is 0.467. The maximum Gasteiger partial charge on any atom is 0.416 e. The number of nitrogens with zero attached hydrogens (tertiary/aromatic N) is 9. The fourth-order valence-corrected chi connectivity index (χ4v) is 9.09. The minimum atomic E-state index is -4.63. The zero-order chi connectivity index (χ0) is 43.3. The first-order chi connectivity index (χ1) is 29.8. The molecule has 320 valence electrons. The van der Waals surface area contributed by atoms with E-state index in [1.54, 1.807) is 27.8 Å². The van der Waals surface area contributed by atoms with Gasteiger partial charge in [-0.25, -0.2) is 15.0 Å². The highest BCUT2D eigenvalue weighted by Gasteiger charge is 2.49. The van der Waals surface area contributed by atoms with Crippen LogP contribution in [0.1, 0.15) is 71.4 Å². The van der Waals surface area contributed by atoms with E-state index in [4.69, 9.17) is 26.1 Å². The zero-order valence-corrected chi connectivity index (χ0v) is 34.4. The fourth-order valence-electron chi connectivity index (χ4n) is 8.86. The van der Waals surface area contributed by atoms with Crippen LogP contribution in [0.2, 0.25) is 5.02 Å². The minimum Gasteiger partial charge on any atom is -0.483 e. The Hall–Kier alpha value is -6.56. The Morgan fingerprint density at radius 3 is 2.47 bits per heavy atom. The number of carbonyl (C=O) groups is 2. The molecule has 1 unspecified atom stereocenters. The summed E-state index contributed by atoms with van der Waals surface area (Å²) >= 11 is 6.21. The Morgan fingerprint density at radius 2 is 1.77 bits per heavy atom. The van der Waals surface area contributed by atoms with Gasteiger partial charge in [-0.2, -0.15) is 22.7 Å². The van der Waals surface area contributed by atoms with E-state index in [1.807, 2.05) is 37.3 Å². The van der Waals surface area contributed by atoms with Gasteiger partial charge in [-0.3, -0.25) is 14.4 Å². The average molecular weight is 869 g/mol. The van der Waals surface area contributed by atoms with Crippen LogP contribution >= 0.6 is 11.6 Å². The molecular formula is C43H40ClF3N10O5. The predicted octanol–water partition coefficient (Wildman–Crippen LogP) is 6.53. The Bertz CT molecular complexity index is 2770. The summed E-state index contributed by atoms with van der Waals surface area (Å²) in [7, 11) is 1.45. The van der Waals surface area contributed by atoms with Gasteiger partial charge in [-0.15, -0.1) is 5.10 Å². The van der Waals surface area contributed by atoms with Gasteiger partial charge in [0.2, 0.25) is 17.6 Å². The molecular weight excluding hydrogens is 829 g/mol. The highest BCUT2D eigenvalue weighted by molar-refractivity contribution is 6.33. The summed E-state index contributed by atoms with van der Waals surface area (Å²) in [5, 5.41) is 6.97. The lowest BCUT2D eigenvalue weighted by Gasteiger charge is -2.40. The van der Waals surface area contributed by atoms with Gasteiger partial charge in [0.25, 0.3) is 11.5 Å². The van der Waals surface area contributed by atoms with Crippen LogP contribution in [0.4, 0.5) is 24.7 Å². The van der Waals surface area contributed by atoms with E-state index in [-0.39, 0.29) is 58.9 Å². The number of rotatable bonds is 10. The lowest BCUT2D eigenvalue weighted by molar-refractivity contribution is -0.137. The number of nitrogens with one attached hydrogen (secondary N) is 1. The monoisotopic (exact) mass is 868 g/mol. The van der Waals surface area contributed by atoms with Gasteiger partial charge in [0.05, 0.1) is 28.9 Å². The van der Waals surface area contributed by atoms with Crippen molar-refractivity contribution in [1.29, 1.82) is 0 Å². The van der Waals surface area contributed by atoms with Crippen LogP contribution in [0.25, 0.3) is 17.2 Å². The SMILES string of the molecule is COc1ncccc1-c1nc2n(CC(=O)Nc3ccc(C(F)(F)F)cc3Cl)c3c(c(=O)n2n1)C1(CCN(C(=O)c2ncnc(N4CCC4)c2OCc2ccccc2)CC1)CC3C. The number of alkyl halides is 3. The average Bonchev–Trinajstić information content (AvgIpc) is 3.81. The molecule has 0 radical (unpaired) electrons. The van der Waals surface area contributed by atoms with E-state index in [0.717, 1.165) is 43.3 Å². The number of likely N-dealkylation sites (tertiary alicyclic amines) is 1. The third kappa shape index (κ3) is 7.35. The van der Waals surface area contributed by atoms with Crippen molar-refractivity contribution in [2.75, 3.05) is 43.5 Å². The standard InChI is InChI=1S/C43H40ClF3N10O5/c1-25-21-42(13-18-55(19-14-42)40(60)33-35(62-23-26-8-4-3-5-9-26)37(50-24-49-33)54-16-7-17-54)32-34(25)56(22-31(58)51-30-12-11-27(20-29(30)44)43(45,46)47)41-52-36(53-57(41)39(32)59)28-10-6-15-48-38(28)61-2/h3-6,8-12,15,20,24-25H,7,13-14,16-19,21-23H2,1-2H3,(H,51,58). The second-order valence-corrected chi connectivity index (χ2v) is 16.2. The van der Waals surface area contributed by atoms with Gasteiger partial charge in [0.1, 0.15) is 19.5 Å². The number of pyridine rings is 1. The molecule has 2 saturated heterocycles. The van der Waals surface area contributed by atoms with Gasteiger partial charge in [-0.05, 0) is 67.5 Å². The zero-order valence-electron chi connectivity index (χ0n) is 33.7. The fraction of sp³-hybridized carbons (Fsp3) is 0.349. The van der Waals surface area contributed by atoms with E-state index in [0.29, 0.717) is 60.7 Å². The van der Waals surface area contributed by atoms with E-state index in [1.165, 1.54) is 18.0 Å². The number of benzene rings is 2. The van der Waals surface area contributed by atoms with E-state index < -0.39 is 28.6 Å². The van der Waals surface area contributed by atoms with Crippen LogP contribution in [0.3, 0.4) is 0 Å². The maximum absolute atomic E-state index is 14.8. The molecule has 62 heavy (non-hydrogen) atoms. The number of carbonyl (C=O) groups excluding carboxylic acids is 2. The summed E-state index contributed by atoms with van der Waals surface area (Å²) in [6, 6.07) is 15.7. The molecule has 0 bridgehead atoms. The molecule has 1 spiro atoms. The molecule has 2 fully saturated rings. The molecule has 9 rings (SSSR count). The van der Waals surface area contributed by atoms with Gasteiger partial charge in [0, 0.05) is 49.0 Å². The van der Waals surface area contributed by atoms with Crippen molar-refractivity contribution in [2.24, 2.45) is 0 Å². The van der Waals surface area contributed by atoms with Crippen LogP contribution in [0, 0.1) is 0 Å². The molecule has 1 N–H and O–H groups in total. The summed E-state index contributed by atoms with van der Waals surface area (Å²) < 4.78 is 54.7. The largest absolute Gasteiger partial charge is 0.483 e. The number of hydrogen-bond acceptors (Lipinski definition) is 11. The molecule has 0 saturated carbocycles. The Labute approximate surface area is 357 Å². The Morgan fingerprint density at radius 1 is 1.00 bits per heavy atom. The van der Waals surface area contributed by atoms with Gasteiger partial charge in [0.15, 0.2) is 23.1 Å². The highest BCUT2D eigenvalue weighted by atomic mass is 35.5. The maximum atomic E-state index is 14.8. The Kier molecular flexibility index (Phi) is 10.6. The number of halogens is 4. The molecule has 2 aliphatic heterocycles. The number of amides is 2. The van der Waals surface area contributed by atoms with Crippen LogP contribution in [0.15, 0.2) is 78.0 Å². The van der Waals surface area contributed by atoms with Crippen molar-refractivity contribution in [3.05, 3.63) is 117 Å². The van der Waals surface area contributed by atoms with Crippen molar-refractivity contribution >= 4 is 40.7 Å². The quantitative estimate of drug-likeness (QED) is 0.159. The molecule has 2 amide bonds. The molecule has 3 aliphatic rings. The highest BCUT2D eigenvalue weighted by Crippen LogP contribution is 2.51. The first-order valence-corrected chi connectivity index (χ1v) is 20.5. The smallest absolute Gasteiger partial charge is 0.416 e. The number of methoxy groups -OCH3 is 1. The van der Waals surface area contributed by atoms with Crippen LogP contribution < -0.4 is 25.2 Å². The van der Waals surface area contributed by atoms with Crippen molar-refractivity contribution in [3.63, 3.8) is 0 Å². The number of aromatic nitrogens is 7. The summed E-state index contributed by atoms with van der Waals surface area (Å²) in [4.78, 5) is 64.8. The normalized spacial score (nSPS) is 16.9. The molecule has 15 nitrogen and oxygen atoms in total. The van der Waals surface area contributed by atoms with Crippen molar-refractivity contribution in [1.82, 2.24) is 39.0 Å². The van der Waals surface area contributed by atoms with Crippen LogP contribution in [-0.4, -0.2) is 84.1 Å². The van der Waals surface area contributed by atoms with Gasteiger partial charge >= 0.3 is 6.18 Å². The van der Waals surface area contributed by atoms with Gasteiger partial charge < -0.3 is 29.2 Å². The lowest BCUT2D eigenvalue weighted by Crippen LogP contribution is -2.47. The van der Waals surface area contributed by atoms with Gasteiger partial charge in [-0.1, -0.05) is 48.9 Å². The molecule has 4 aromatic heterocycles. The number of piperidine rings is 1. The van der Waals surface area contributed by atoms with Crippen molar-refractivity contribution < 1.29 is 32.2 Å². The number of anilines is 2. The van der Waals surface area contributed by atoms with E-state index in [9.17, 15) is 27.6 Å². The molecule has 6 heterocycles. The van der Waals surface area contributed by atoms with Crippen LogP contribution in [0.5, 0.6) is 11.6 Å². The number of fused-ring (bicyclic) bond motifs is 3. The molecule has 2 aromatic carbocycles. The molecule has 6 aromatic rings. The second kappa shape index (κ2) is 16.0. The predicted molar refractivity (Wildman–Crippen MR) is 222 cm³/mol. The lowest BCUT2D eigenvalue weighted by atomic mass is 9.73. The first-order valence-electron chi connectivity index (χ1n) is 20.1. The first kappa shape index (κ1) is 40.8. The van der Waals surface area contributed by atoms with E-state index >= 15 is 0 Å². The van der Waals surface area contributed by atoms with Crippen molar-refractivity contribution in [3.8, 4) is 23.0 Å². The summed E-state index contributed by atoms with van der Waals surface area (Å²) in [5.74, 6) is 0.146. The third-order valence-electron chi connectivity index (χ3n) is 11.9. The molecule has 1 atom stereocenters. The number of ether oxygens (including phenoxy) is 2. The van der Waals surface area contributed by atoms with Crippen LogP contribution in [-0.2, 0) is 29.5 Å². The Balaban J connectivity index is 1.05. The molecule has 19 heteroatoms. The summed E-state index contributed by atoms with van der Waals surface area (Å²) in [6.07, 6.45) is 0.691. The number of hydrogen-bond donors (Lipinski definition) is 1. The summed E-state index contributed by atoms with van der Waals surface area (Å²) in [6.45, 7) is 3.98. The van der Waals surface area contributed by atoms with E-state index in [2.05, 4.69) is 30.3 Å².